The number of aliphatic hydroxyl groups excluding tert-OH is 1. The van der Waals surface area contributed by atoms with Crippen LogP contribution in [0.25, 0.3) is 22.2 Å². The van der Waals surface area contributed by atoms with E-state index in [2.05, 4.69) is 74.2 Å². The minimum atomic E-state index is 0. The largest absolute Gasteiger partial charge is 0.396 e. The van der Waals surface area contributed by atoms with Gasteiger partial charge in [0, 0.05) is 37.3 Å². The minimum Gasteiger partial charge on any atom is -0.396 e. The van der Waals surface area contributed by atoms with E-state index in [-0.39, 0.29) is 14.9 Å². The van der Waals surface area contributed by atoms with Crippen molar-refractivity contribution in [1.82, 2.24) is 9.97 Å². The van der Waals surface area contributed by atoms with Gasteiger partial charge in [0.2, 0.25) is 6.54 Å². The molecule has 182 valence electrons. The van der Waals surface area contributed by atoms with Gasteiger partial charge in [-0.15, -0.1) is 0 Å². The van der Waals surface area contributed by atoms with Crippen LogP contribution in [0.5, 0.6) is 0 Å². The van der Waals surface area contributed by atoms with E-state index in [4.69, 9.17) is 5.11 Å². The van der Waals surface area contributed by atoms with E-state index < -0.39 is 0 Å². The Kier molecular flexibility index (Phi) is 11.4. The summed E-state index contributed by atoms with van der Waals surface area (Å²) in [6.45, 7) is 2.13. The van der Waals surface area contributed by atoms with Crippen LogP contribution in [0.2, 0.25) is 0 Å². The lowest BCUT2D eigenvalue weighted by molar-refractivity contribution is -0.697. The summed E-state index contributed by atoms with van der Waals surface area (Å²) in [7, 11) is 0. The molecule has 4 aromatic rings. The Balaban J connectivity index is 0.00000204. The zero-order valence-electron chi connectivity index (χ0n) is 18.8. The summed E-state index contributed by atoms with van der Waals surface area (Å²) in [5, 5.41) is 8.81. The number of hydrogen-bond donors (Lipinski definition) is 2. The molecule has 34 heavy (non-hydrogen) atoms. The summed E-state index contributed by atoms with van der Waals surface area (Å²) in [6.07, 6.45) is 17.0. The van der Waals surface area contributed by atoms with Gasteiger partial charge < -0.3 is 10.1 Å². The fourth-order valence-corrected chi connectivity index (χ4v) is 4.10. The average Bonchev–Trinajstić information content (AvgIpc) is 3.24. The summed E-state index contributed by atoms with van der Waals surface area (Å²) in [5.41, 5.74) is 4.55. The van der Waals surface area contributed by atoms with Crippen LogP contribution in [0, 0.1) is 0 Å². The van der Waals surface area contributed by atoms with E-state index in [0.717, 1.165) is 42.8 Å². The Labute approximate surface area is 205 Å². The maximum absolute atomic E-state index is 8.81. The molecule has 0 bridgehead atoms. The van der Waals surface area contributed by atoms with Crippen LogP contribution in [0.3, 0.4) is 0 Å². The lowest BCUT2D eigenvalue weighted by Gasteiger charge is -2.02. The van der Waals surface area contributed by atoms with E-state index in [1.807, 2.05) is 18.2 Å². The van der Waals surface area contributed by atoms with Crippen LogP contribution in [0.4, 0.5) is 0 Å². The van der Waals surface area contributed by atoms with Gasteiger partial charge in [-0.3, -0.25) is 0 Å². The third-order valence-electron chi connectivity index (χ3n) is 5.96. The lowest BCUT2D eigenvalue weighted by atomic mass is 10.1. The topological polar surface area (TPSA) is 56.7 Å². The maximum Gasteiger partial charge on any atom is 0.205 e. The SMILES string of the molecule is C.C.OCCCCCCCCC[n+]1ccc(-c2cc[n+](Cc3nc4ccccc4[nH]3)cc2)cc1. The van der Waals surface area contributed by atoms with Crippen molar-refractivity contribution in [1.29, 1.82) is 0 Å². The van der Waals surface area contributed by atoms with Gasteiger partial charge >= 0.3 is 0 Å². The van der Waals surface area contributed by atoms with Crippen molar-refractivity contribution in [3.8, 4) is 11.1 Å². The molecule has 0 spiro atoms. The molecule has 0 radical (unpaired) electrons. The summed E-state index contributed by atoms with van der Waals surface area (Å²) in [6, 6.07) is 16.9. The van der Waals surface area contributed by atoms with Crippen molar-refractivity contribution in [2.24, 2.45) is 0 Å². The van der Waals surface area contributed by atoms with Crippen LogP contribution in [-0.2, 0) is 13.1 Å². The third-order valence-corrected chi connectivity index (χ3v) is 5.96. The molecule has 2 N–H and O–H groups in total. The molecular formula is C29H42N4O+2. The number of aryl methyl sites for hydroxylation is 1. The number of benzene rings is 1. The second-order valence-electron chi connectivity index (χ2n) is 8.48. The average molecular weight is 463 g/mol. The first-order chi connectivity index (χ1) is 15.8. The highest BCUT2D eigenvalue weighted by atomic mass is 16.2. The first-order valence-corrected chi connectivity index (χ1v) is 11.8. The van der Waals surface area contributed by atoms with Crippen molar-refractivity contribution < 1.29 is 14.2 Å². The number of unbranched alkanes of at least 4 members (excludes halogenated alkanes) is 6. The molecule has 0 aliphatic rings. The van der Waals surface area contributed by atoms with E-state index in [0.29, 0.717) is 6.61 Å². The fourth-order valence-electron chi connectivity index (χ4n) is 4.10. The number of pyridine rings is 2. The van der Waals surface area contributed by atoms with Gasteiger partial charge in [-0.2, -0.15) is 4.57 Å². The zero-order chi connectivity index (χ0) is 22.0. The van der Waals surface area contributed by atoms with Gasteiger partial charge in [-0.25, -0.2) is 9.55 Å². The molecular weight excluding hydrogens is 420 g/mol. The van der Waals surface area contributed by atoms with Gasteiger partial charge in [0.15, 0.2) is 30.6 Å². The third kappa shape index (κ3) is 7.77. The van der Waals surface area contributed by atoms with Gasteiger partial charge in [0.1, 0.15) is 6.54 Å². The first kappa shape index (κ1) is 27.2. The molecule has 5 nitrogen and oxygen atoms in total. The Morgan fingerprint density at radius 1 is 0.676 bits per heavy atom. The highest BCUT2D eigenvalue weighted by molar-refractivity contribution is 5.74. The number of hydrogen-bond acceptors (Lipinski definition) is 2. The van der Waals surface area contributed by atoms with E-state index in [1.54, 1.807) is 0 Å². The highest BCUT2D eigenvalue weighted by Crippen LogP contribution is 2.16. The Morgan fingerprint density at radius 2 is 1.24 bits per heavy atom. The maximum atomic E-state index is 8.81. The molecule has 0 saturated carbocycles. The lowest BCUT2D eigenvalue weighted by Crippen LogP contribution is -2.33. The molecule has 0 aliphatic carbocycles. The van der Waals surface area contributed by atoms with Gasteiger partial charge in [0.25, 0.3) is 0 Å². The molecule has 0 saturated heterocycles. The Hall–Kier alpha value is -3.05. The number of aromatic amines is 1. The molecule has 5 heteroatoms. The molecule has 4 rings (SSSR count). The number of H-pyrrole nitrogens is 1. The number of fused-ring (bicyclic) bond motifs is 1. The number of aliphatic hydroxyl groups is 1. The standard InChI is InChI=1S/C27H33N4O.2CH4/c32-21-9-5-3-1-2-4-8-16-30-17-12-23(13-18-30)24-14-19-31(20-15-24)22-27-28-25-10-6-7-11-26(25)29-27;;/h6-7,10-15,17-20,32H,1-5,8-9,16,21-22H2;2*1H4/q+1;;/p+1. The number of nitrogens with one attached hydrogen (secondary N) is 1. The molecule has 0 unspecified atom stereocenters. The van der Waals surface area contributed by atoms with E-state index in [9.17, 15) is 0 Å². The number of para-hydroxylation sites is 2. The van der Waals surface area contributed by atoms with Crippen molar-refractivity contribution in [2.45, 2.75) is 72.9 Å². The summed E-state index contributed by atoms with van der Waals surface area (Å²) < 4.78 is 4.42. The normalized spacial score (nSPS) is 10.6. The predicted molar refractivity (Wildman–Crippen MR) is 140 cm³/mol. The van der Waals surface area contributed by atoms with Crippen molar-refractivity contribution >= 4 is 11.0 Å². The predicted octanol–water partition coefficient (Wildman–Crippen LogP) is 5.85. The van der Waals surface area contributed by atoms with Gasteiger partial charge in [-0.1, -0.05) is 52.7 Å². The fraction of sp³-hybridized carbons (Fsp3) is 0.414. The second-order valence-corrected chi connectivity index (χ2v) is 8.48. The molecule has 3 heterocycles. The molecule has 3 aromatic heterocycles. The molecule has 0 atom stereocenters. The Morgan fingerprint density at radius 3 is 1.85 bits per heavy atom. The van der Waals surface area contributed by atoms with Gasteiger partial charge in [-0.05, 0) is 36.1 Å². The van der Waals surface area contributed by atoms with E-state index >= 15 is 0 Å². The van der Waals surface area contributed by atoms with Crippen molar-refractivity contribution in [2.75, 3.05) is 6.61 Å². The van der Waals surface area contributed by atoms with Crippen LogP contribution >= 0.6 is 0 Å². The summed E-state index contributed by atoms with van der Waals surface area (Å²) in [4.78, 5) is 8.05. The quantitative estimate of drug-likeness (QED) is 0.205. The van der Waals surface area contributed by atoms with Crippen molar-refractivity contribution in [3.63, 3.8) is 0 Å². The summed E-state index contributed by atoms with van der Waals surface area (Å²) >= 11 is 0. The zero-order valence-corrected chi connectivity index (χ0v) is 18.8. The van der Waals surface area contributed by atoms with Gasteiger partial charge in [0.05, 0.1) is 11.0 Å². The van der Waals surface area contributed by atoms with Crippen LogP contribution in [0.1, 0.15) is 65.6 Å². The first-order valence-electron chi connectivity index (χ1n) is 11.8. The van der Waals surface area contributed by atoms with E-state index in [1.165, 1.54) is 43.2 Å². The minimum absolute atomic E-state index is 0. The van der Waals surface area contributed by atoms with Crippen LogP contribution in [0.15, 0.2) is 73.3 Å². The smallest absolute Gasteiger partial charge is 0.205 e. The molecule has 1 aromatic carbocycles. The number of imidazole rings is 1. The molecule has 0 aliphatic heterocycles. The molecule has 0 amide bonds. The summed E-state index contributed by atoms with van der Waals surface area (Å²) in [5.74, 6) is 0.967. The van der Waals surface area contributed by atoms with Crippen LogP contribution < -0.4 is 9.13 Å². The van der Waals surface area contributed by atoms with Crippen LogP contribution in [-0.4, -0.2) is 21.7 Å². The van der Waals surface area contributed by atoms with Crippen molar-refractivity contribution in [3.05, 3.63) is 79.1 Å². The molecule has 0 fully saturated rings. The Bertz CT molecular complexity index is 1050. The second kappa shape index (κ2) is 14.3. The highest BCUT2D eigenvalue weighted by Gasteiger charge is 2.09. The number of nitrogens with zero attached hydrogens (tertiary/aromatic N) is 3. The monoisotopic (exact) mass is 462 g/mol. The number of aromatic nitrogens is 4. The number of rotatable bonds is 12.